The molecule has 2 unspecified atom stereocenters. The van der Waals surface area contributed by atoms with Crippen molar-refractivity contribution in [3.05, 3.63) is 190 Å². The van der Waals surface area contributed by atoms with E-state index in [1.807, 2.05) is 24.3 Å². The van der Waals surface area contributed by atoms with E-state index in [9.17, 15) is 35.9 Å². The Morgan fingerprint density at radius 2 is 0.833 bits per heavy atom. The standard InChI is InChI=1S/2C22H14F3.C2H3BN2O2.2ClH.Hf/c2*23-22(24,25)21-12-5-4-10-19(21)18-11-6-9-16-13-17(14-20(16)18)15-7-2-1-3-8-15;6-1-4-3-5-2-7;;;/h2*1-14H;1-2H,(H-,4,5,6,7);2*1H;/q;;;;;+1/p-1. The molecule has 0 heterocycles. The third-order valence-corrected chi connectivity index (χ3v) is 39.8. The molecular weight excluding hydrogens is 987 g/mol. The number of allylic oxidation sites excluding steroid dienone is 2. The van der Waals surface area contributed by atoms with Crippen LogP contribution in [0.3, 0.4) is 0 Å². The molecule has 301 valence electrons. The van der Waals surface area contributed by atoms with E-state index in [1.54, 1.807) is 84.9 Å². The van der Waals surface area contributed by atoms with Crippen molar-refractivity contribution in [1.29, 1.82) is 0 Å². The van der Waals surface area contributed by atoms with Gasteiger partial charge in [0.05, 0.1) is 0 Å². The molecule has 0 spiro atoms. The minimum atomic E-state index is -6.86. The zero-order valence-electron chi connectivity index (χ0n) is 31.2. The average Bonchev–Trinajstić information content (AvgIpc) is 3.85. The Morgan fingerprint density at radius 3 is 1.20 bits per heavy atom. The Hall–Kier alpha value is -5.16. The summed E-state index contributed by atoms with van der Waals surface area (Å²) >= 11 is -6.86. The maximum absolute atomic E-state index is 14.6. The first-order valence-electron chi connectivity index (χ1n) is 18.8. The zero-order chi connectivity index (χ0) is 42.5. The van der Waals surface area contributed by atoms with Crippen LogP contribution in [0.15, 0.2) is 146 Å². The summed E-state index contributed by atoms with van der Waals surface area (Å²) in [5, 5.41) is 5.47. The van der Waals surface area contributed by atoms with Gasteiger partial charge in [-0.1, -0.05) is 0 Å². The molecule has 0 saturated heterocycles. The van der Waals surface area contributed by atoms with Crippen molar-refractivity contribution in [2.75, 3.05) is 0 Å². The van der Waals surface area contributed by atoms with Crippen LogP contribution in [-0.2, 0) is 37.8 Å². The zero-order valence-corrected chi connectivity index (χ0v) is 36.3. The van der Waals surface area contributed by atoms with Crippen molar-refractivity contribution >= 4 is 57.8 Å². The van der Waals surface area contributed by atoms with E-state index < -0.39 is 51.3 Å². The Bertz CT molecular complexity index is 2530. The molecule has 2 aliphatic rings. The molecule has 0 saturated carbocycles. The molecule has 2 N–H and O–H groups in total. The summed E-state index contributed by atoms with van der Waals surface area (Å²) in [4.78, 5) is 25.3. The number of amides is 2. The van der Waals surface area contributed by atoms with E-state index in [4.69, 9.17) is 17.2 Å². The van der Waals surface area contributed by atoms with Crippen molar-refractivity contribution in [1.82, 2.24) is 10.5 Å². The van der Waals surface area contributed by atoms with Gasteiger partial charge in [-0.25, -0.2) is 0 Å². The first-order valence-corrected chi connectivity index (χ1v) is 33.9. The quantitative estimate of drug-likeness (QED) is 0.0772. The molecule has 0 radical (unpaired) electrons. The van der Waals surface area contributed by atoms with Gasteiger partial charge in [-0.15, -0.1) is 0 Å². The van der Waals surface area contributed by atoms with E-state index in [1.165, 1.54) is 36.4 Å². The number of benzene rings is 6. The van der Waals surface area contributed by atoms with Gasteiger partial charge in [-0.3, -0.25) is 0 Å². The fraction of sp³-hybridized carbons (Fsp3) is 0.0870. The number of rotatable bonds is 11. The van der Waals surface area contributed by atoms with Crippen LogP contribution in [0.4, 0.5) is 26.3 Å². The molecule has 60 heavy (non-hydrogen) atoms. The van der Waals surface area contributed by atoms with Crippen molar-refractivity contribution in [2.45, 2.75) is 19.7 Å². The molecular formula is C46H32BCl2F6HfN2O2. The van der Waals surface area contributed by atoms with Gasteiger partial charge in [0.1, 0.15) is 0 Å². The average molecular weight is 1020 g/mol. The van der Waals surface area contributed by atoms with Gasteiger partial charge in [0.15, 0.2) is 0 Å². The predicted molar refractivity (Wildman–Crippen MR) is 224 cm³/mol. The first-order chi connectivity index (χ1) is 28.7. The summed E-state index contributed by atoms with van der Waals surface area (Å²) < 4.78 is 84.2. The first kappa shape index (κ1) is 41.6. The fourth-order valence-electron chi connectivity index (χ4n) is 9.16. The number of carbonyl (C=O) groups is 2. The molecule has 4 nitrogen and oxygen atoms in total. The summed E-state index contributed by atoms with van der Waals surface area (Å²) in [5.74, 6) is 0. The topological polar surface area (TPSA) is 58.2 Å². The molecule has 6 aromatic carbocycles. The number of hydrogen-bond acceptors (Lipinski definition) is 2. The van der Waals surface area contributed by atoms with E-state index >= 15 is 0 Å². The van der Waals surface area contributed by atoms with E-state index in [0.717, 1.165) is 12.1 Å². The van der Waals surface area contributed by atoms with Gasteiger partial charge < -0.3 is 0 Å². The Balaban J connectivity index is 1.49. The number of halogens is 8. The van der Waals surface area contributed by atoms with Crippen molar-refractivity contribution < 1.29 is 51.8 Å². The Morgan fingerprint density at radius 1 is 0.483 bits per heavy atom. The molecule has 6 aromatic rings. The van der Waals surface area contributed by atoms with Crippen molar-refractivity contribution in [3.63, 3.8) is 0 Å². The Labute approximate surface area is 350 Å². The van der Waals surface area contributed by atoms with Gasteiger partial charge in [0.25, 0.3) is 0 Å². The van der Waals surface area contributed by atoms with Crippen LogP contribution in [0.2, 0.25) is 0 Å². The van der Waals surface area contributed by atoms with Crippen LogP contribution in [-0.4, -0.2) is 17.4 Å². The summed E-state index contributed by atoms with van der Waals surface area (Å²) in [6, 6.07) is 38.4. The van der Waals surface area contributed by atoms with Gasteiger partial charge >= 0.3 is 352 Å². The Kier molecular flexibility index (Phi) is 10.9. The molecule has 14 heteroatoms. The van der Waals surface area contributed by atoms with Gasteiger partial charge in [-0.05, 0) is 0 Å². The number of nitrogens with one attached hydrogen (secondary N) is 2. The molecule has 2 aliphatic carbocycles. The van der Waals surface area contributed by atoms with Gasteiger partial charge in [0, 0.05) is 0 Å². The monoisotopic (exact) mass is 1020 g/mol. The number of alkyl halides is 6. The molecule has 0 aliphatic heterocycles. The van der Waals surface area contributed by atoms with Crippen LogP contribution in [0.25, 0.3) is 45.6 Å². The molecule has 0 fully saturated rings. The van der Waals surface area contributed by atoms with Crippen LogP contribution >= 0.6 is 17.2 Å². The van der Waals surface area contributed by atoms with Gasteiger partial charge in [0.2, 0.25) is 0 Å². The van der Waals surface area contributed by atoms with Crippen LogP contribution in [0.1, 0.15) is 51.9 Å². The second kappa shape index (κ2) is 15.7. The van der Waals surface area contributed by atoms with E-state index in [0.29, 0.717) is 57.3 Å². The second-order valence-electron chi connectivity index (χ2n) is 14.7. The molecule has 2 atom stereocenters. The third kappa shape index (κ3) is 6.96. The molecule has 8 rings (SSSR count). The van der Waals surface area contributed by atoms with Crippen molar-refractivity contribution in [3.8, 4) is 22.3 Å². The number of fused-ring (bicyclic) bond motifs is 2. The maximum atomic E-state index is 14.6. The summed E-state index contributed by atoms with van der Waals surface area (Å²) in [5.41, 5.74) is 2.72. The number of hydrogen-bond donors (Lipinski definition) is 2. The van der Waals surface area contributed by atoms with E-state index in [-0.39, 0.29) is 22.3 Å². The van der Waals surface area contributed by atoms with Crippen LogP contribution < -0.4 is 10.5 Å². The minimum absolute atomic E-state index is 0.0797. The van der Waals surface area contributed by atoms with Crippen LogP contribution in [0.5, 0.6) is 0 Å². The predicted octanol–water partition coefficient (Wildman–Crippen LogP) is 12.4. The van der Waals surface area contributed by atoms with Crippen molar-refractivity contribution in [2.24, 2.45) is 0 Å². The summed E-state index contributed by atoms with van der Waals surface area (Å²) in [7, 11) is 17.2. The second-order valence-corrected chi connectivity index (χ2v) is 45.2. The van der Waals surface area contributed by atoms with Crippen LogP contribution in [0, 0.1) is 0 Å². The van der Waals surface area contributed by atoms with E-state index in [2.05, 4.69) is 10.5 Å². The van der Waals surface area contributed by atoms with Gasteiger partial charge in [-0.2, -0.15) is 0 Å². The normalized spacial score (nSPS) is 16.7. The SMILES string of the molecule is O=CN[B](NC=O)[Hf]([Cl])([Cl])([CH]1C(c2ccccc2)=Cc2c(-c3ccccc3C(F)(F)F)cccc21)[CH]1C(c2ccccc2)=Cc2c(-c3ccccc3C(F)(F)F)cccc21. The number of carbonyl (C=O) groups excluding carboxylic acids is 2. The summed E-state index contributed by atoms with van der Waals surface area (Å²) in [6.07, 6.45) is -5.12. The molecule has 2 amide bonds. The molecule has 0 bridgehead atoms. The summed E-state index contributed by atoms with van der Waals surface area (Å²) in [6.45, 7) is 0. The molecule has 0 aromatic heterocycles. The third-order valence-electron chi connectivity index (χ3n) is 11.5. The fourth-order valence-corrected chi connectivity index (χ4v) is 37.4.